The van der Waals surface area contributed by atoms with E-state index in [4.69, 9.17) is 21.1 Å². The summed E-state index contributed by atoms with van der Waals surface area (Å²) in [6, 6.07) is 14.0. The highest BCUT2D eigenvalue weighted by atomic mass is 35.5. The maximum atomic E-state index is 12.8. The van der Waals surface area contributed by atoms with Gasteiger partial charge in [-0.05, 0) is 48.9 Å². The fourth-order valence-corrected chi connectivity index (χ4v) is 4.03. The van der Waals surface area contributed by atoms with Gasteiger partial charge in [0.1, 0.15) is 11.2 Å². The zero-order valence-corrected chi connectivity index (χ0v) is 21.4. The Labute approximate surface area is 221 Å². The van der Waals surface area contributed by atoms with Crippen molar-refractivity contribution in [3.8, 4) is 23.1 Å². The Kier molecular flexibility index (Phi) is 6.67. The van der Waals surface area contributed by atoms with Crippen LogP contribution in [0.5, 0.6) is 11.5 Å². The number of methoxy groups -OCH3 is 2. The average molecular weight is 532 g/mol. The number of aromatic nitrogens is 6. The van der Waals surface area contributed by atoms with E-state index in [0.29, 0.717) is 44.8 Å². The highest BCUT2D eigenvalue weighted by Gasteiger charge is 2.16. The smallest absolute Gasteiger partial charge is 0.263 e. The number of rotatable bonds is 7. The molecule has 12 heteroatoms. The number of amides is 1. The molecule has 0 aliphatic rings. The molecule has 0 aliphatic carbocycles. The monoisotopic (exact) mass is 531 g/mol. The number of hydrogen-bond acceptors (Lipinski definition) is 7. The maximum absolute atomic E-state index is 12.8. The number of anilines is 1. The topological polar surface area (TPSA) is 129 Å². The average Bonchev–Trinajstić information content (AvgIpc) is 3.50. The first kappa shape index (κ1) is 24.8. The number of H-pyrrole nitrogens is 1. The fraction of sp³-hybridized carbons (Fsp3) is 0.115. The fourth-order valence-electron chi connectivity index (χ4n) is 3.85. The van der Waals surface area contributed by atoms with Crippen molar-refractivity contribution < 1.29 is 14.3 Å². The molecule has 0 aliphatic heterocycles. The summed E-state index contributed by atoms with van der Waals surface area (Å²) in [4.78, 5) is 32.9. The van der Waals surface area contributed by atoms with Crippen molar-refractivity contribution >= 4 is 40.4 Å². The van der Waals surface area contributed by atoms with Crippen LogP contribution in [-0.2, 0) is 4.79 Å². The minimum Gasteiger partial charge on any atom is -0.493 e. The van der Waals surface area contributed by atoms with Crippen LogP contribution in [0.15, 0.2) is 65.6 Å². The minimum atomic E-state index is -0.409. The summed E-state index contributed by atoms with van der Waals surface area (Å²) < 4.78 is 13.4. The Bertz CT molecular complexity index is 1750. The van der Waals surface area contributed by atoms with E-state index in [1.807, 2.05) is 0 Å². The minimum absolute atomic E-state index is 0.110. The van der Waals surface area contributed by atoms with Gasteiger partial charge in [-0.2, -0.15) is 19.9 Å². The molecule has 38 heavy (non-hydrogen) atoms. The van der Waals surface area contributed by atoms with E-state index in [1.54, 1.807) is 75.8 Å². The van der Waals surface area contributed by atoms with E-state index in [2.05, 4.69) is 25.5 Å². The van der Waals surface area contributed by atoms with Gasteiger partial charge in [-0.15, -0.1) is 0 Å². The van der Waals surface area contributed by atoms with E-state index in [-0.39, 0.29) is 5.95 Å². The van der Waals surface area contributed by atoms with Gasteiger partial charge >= 0.3 is 0 Å². The van der Waals surface area contributed by atoms with Crippen molar-refractivity contribution in [2.24, 2.45) is 0 Å². The summed E-state index contributed by atoms with van der Waals surface area (Å²) in [5.74, 6) is 1.16. The predicted octanol–water partition coefficient (Wildman–Crippen LogP) is 3.93. The van der Waals surface area contributed by atoms with E-state index in [1.165, 1.54) is 21.6 Å². The number of fused-ring (bicyclic) bond motifs is 1. The lowest BCUT2D eigenvalue weighted by Gasteiger charge is -2.08. The molecule has 0 radical (unpaired) electrons. The molecule has 0 spiro atoms. The molecule has 0 saturated heterocycles. The summed E-state index contributed by atoms with van der Waals surface area (Å²) in [5, 5.41) is 12.3. The third-order valence-corrected chi connectivity index (χ3v) is 5.83. The second-order valence-corrected chi connectivity index (χ2v) is 8.62. The molecule has 0 fully saturated rings. The van der Waals surface area contributed by atoms with Crippen molar-refractivity contribution in [1.82, 2.24) is 29.5 Å². The predicted molar refractivity (Wildman–Crippen MR) is 144 cm³/mol. The second-order valence-electron chi connectivity index (χ2n) is 8.18. The molecule has 11 nitrogen and oxygen atoms in total. The van der Waals surface area contributed by atoms with Gasteiger partial charge in [-0.1, -0.05) is 23.7 Å². The van der Waals surface area contributed by atoms with Crippen molar-refractivity contribution in [3.63, 3.8) is 0 Å². The molecule has 0 unspecified atom stereocenters. The van der Waals surface area contributed by atoms with Crippen LogP contribution in [0.4, 0.5) is 5.82 Å². The van der Waals surface area contributed by atoms with Crippen LogP contribution in [0.3, 0.4) is 0 Å². The summed E-state index contributed by atoms with van der Waals surface area (Å²) >= 11 is 6.14. The zero-order valence-electron chi connectivity index (χ0n) is 20.6. The van der Waals surface area contributed by atoms with E-state index < -0.39 is 11.5 Å². The van der Waals surface area contributed by atoms with E-state index in [0.717, 1.165) is 5.56 Å². The number of hydrogen-bond donors (Lipinski definition) is 2. The SMILES string of the molecule is COc1ccc(/C=C\C(=O)Nc2cc(C)nn2-c2nc3c(cnn3-c3cccc(Cl)c3)c(=O)[nH]2)cc1OC. The van der Waals surface area contributed by atoms with Gasteiger partial charge in [0.2, 0.25) is 11.9 Å². The lowest BCUT2D eigenvalue weighted by Crippen LogP contribution is -2.18. The Morgan fingerprint density at radius 1 is 1.08 bits per heavy atom. The van der Waals surface area contributed by atoms with Gasteiger partial charge in [0, 0.05) is 17.2 Å². The van der Waals surface area contributed by atoms with Crippen molar-refractivity contribution in [3.05, 3.63) is 87.4 Å². The first-order valence-electron chi connectivity index (χ1n) is 11.4. The maximum Gasteiger partial charge on any atom is 0.263 e. The molecular weight excluding hydrogens is 510 g/mol. The first-order chi connectivity index (χ1) is 18.4. The molecule has 3 heterocycles. The van der Waals surface area contributed by atoms with Gasteiger partial charge in [-0.3, -0.25) is 14.6 Å². The molecule has 1 amide bonds. The number of nitrogens with zero attached hydrogens (tertiary/aromatic N) is 5. The standard InChI is InChI=1S/C26H22ClN7O4/c1-15-11-22(29-23(35)10-8-16-7-9-20(37-2)21(12-16)38-3)34(32-15)26-30-24-19(25(36)31-26)14-28-33(24)18-6-4-5-17(27)13-18/h4-14H,1-3H3,(H,29,35)(H,30,31,36)/b10-8-. The van der Waals surface area contributed by atoms with Crippen LogP contribution in [0.1, 0.15) is 11.3 Å². The van der Waals surface area contributed by atoms with Crippen molar-refractivity contribution in [2.45, 2.75) is 6.92 Å². The van der Waals surface area contributed by atoms with E-state index >= 15 is 0 Å². The van der Waals surface area contributed by atoms with Gasteiger partial charge < -0.3 is 14.8 Å². The molecule has 2 aromatic carbocycles. The Morgan fingerprint density at radius 3 is 2.66 bits per heavy atom. The lowest BCUT2D eigenvalue weighted by molar-refractivity contribution is -0.111. The largest absolute Gasteiger partial charge is 0.493 e. The highest BCUT2D eigenvalue weighted by molar-refractivity contribution is 6.30. The van der Waals surface area contributed by atoms with Gasteiger partial charge in [0.05, 0.1) is 31.8 Å². The number of carbonyl (C=O) groups is 1. The second kappa shape index (κ2) is 10.2. The van der Waals surface area contributed by atoms with Crippen LogP contribution in [0.25, 0.3) is 28.7 Å². The van der Waals surface area contributed by atoms with Crippen LogP contribution in [0.2, 0.25) is 5.02 Å². The Hall–Kier alpha value is -4.90. The number of nitrogens with one attached hydrogen (secondary N) is 2. The molecule has 5 aromatic rings. The number of halogens is 1. The zero-order chi connectivity index (χ0) is 26.8. The Morgan fingerprint density at radius 2 is 1.89 bits per heavy atom. The molecule has 5 rings (SSSR count). The molecule has 0 saturated carbocycles. The first-order valence-corrected chi connectivity index (χ1v) is 11.8. The van der Waals surface area contributed by atoms with Gasteiger partial charge in [-0.25, -0.2) is 4.68 Å². The summed E-state index contributed by atoms with van der Waals surface area (Å²) in [5.41, 5.74) is 1.90. The van der Waals surface area contributed by atoms with Crippen LogP contribution < -0.4 is 20.3 Å². The molecule has 2 N–H and O–H groups in total. The normalized spacial score (nSPS) is 11.3. The third kappa shape index (κ3) is 4.87. The quantitative estimate of drug-likeness (QED) is 0.304. The molecule has 0 atom stereocenters. The summed E-state index contributed by atoms with van der Waals surface area (Å²) in [7, 11) is 3.09. The molecule has 192 valence electrons. The van der Waals surface area contributed by atoms with Crippen LogP contribution >= 0.6 is 11.6 Å². The molecule has 0 bridgehead atoms. The number of benzene rings is 2. The highest BCUT2D eigenvalue weighted by Crippen LogP contribution is 2.28. The van der Waals surface area contributed by atoms with Crippen molar-refractivity contribution in [2.75, 3.05) is 19.5 Å². The number of carbonyl (C=O) groups excluding carboxylic acids is 1. The number of aryl methyl sites for hydroxylation is 1. The molecular formula is C26H22ClN7O4. The third-order valence-electron chi connectivity index (χ3n) is 5.60. The van der Waals surface area contributed by atoms with Crippen LogP contribution in [0, 0.1) is 6.92 Å². The number of aromatic amines is 1. The van der Waals surface area contributed by atoms with Crippen LogP contribution in [-0.4, -0.2) is 49.7 Å². The summed E-state index contributed by atoms with van der Waals surface area (Å²) in [6.07, 6.45) is 4.45. The summed E-state index contributed by atoms with van der Waals surface area (Å²) in [6.45, 7) is 1.76. The van der Waals surface area contributed by atoms with Gasteiger partial charge in [0.25, 0.3) is 5.56 Å². The van der Waals surface area contributed by atoms with E-state index in [9.17, 15) is 9.59 Å². The lowest BCUT2D eigenvalue weighted by atomic mass is 10.2. The van der Waals surface area contributed by atoms with Crippen molar-refractivity contribution in [1.29, 1.82) is 0 Å². The molecule has 3 aromatic heterocycles. The van der Waals surface area contributed by atoms with Gasteiger partial charge in [0.15, 0.2) is 17.1 Å². The number of ether oxygens (including phenoxy) is 2. The Balaban J connectivity index is 1.46.